The third-order valence-corrected chi connectivity index (χ3v) is 4.80. The van der Waals surface area contributed by atoms with Crippen LogP contribution in [0, 0.1) is 10.1 Å². The molecule has 0 bridgehead atoms. The Morgan fingerprint density at radius 3 is 2.81 bits per heavy atom. The maximum atomic E-state index is 12.7. The predicted octanol–water partition coefficient (Wildman–Crippen LogP) is 2.83. The number of aromatic hydroxyl groups is 1. The summed E-state index contributed by atoms with van der Waals surface area (Å²) in [7, 11) is 0. The van der Waals surface area contributed by atoms with E-state index in [0.717, 1.165) is 5.70 Å². The number of benzene rings is 1. The van der Waals surface area contributed by atoms with E-state index in [1.54, 1.807) is 13.8 Å². The van der Waals surface area contributed by atoms with E-state index in [-0.39, 0.29) is 18.0 Å². The number of allylic oxidation sites excluding steroid dienone is 3. The number of hydrogen-bond acceptors (Lipinski definition) is 7. The summed E-state index contributed by atoms with van der Waals surface area (Å²) in [5.41, 5.74) is 1.91. The van der Waals surface area contributed by atoms with Gasteiger partial charge in [0.25, 0.3) is 0 Å². The van der Waals surface area contributed by atoms with Crippen molar-refractivity contribution >= 4 is 17.4 Å². The van der Waals surface area contributed by atoms with Crippen molar-refractivity contribution in [1.82, 2.24) is 5.32 Å². The van der Waals surface area contributed by atoms with E-state index in [2.05, 4.69) is 5.32 Å². The Labute approximate surface area is 155 Å². The molecule has 0 fully saturated rings. The van der Waals surface area contributed by atoms with Crippen LogP contribution in [0.15, 0.2) is 40.7 Å². The summed E-state index contributed by atoms with van der Waals surface area (Å²) in [6.45, 7) is 3.57. The quantitative estimate of drug-likeness (QED) is 0.474. The van der Waals surface area contributed by atoms with Crippen molar-refractivity contribution in [2.45, 2.75) is 39.0 Å². The first-order chi connectivity index (χ1) is 12.8. The summed E-state index contributed by atoms with van der Waals surface area (Å²) in [5, 5.41) is 24.1. The number of nitrogens with one attached hydrogen (secondary N) is 1. The third kappa shape index (κ3) is 3.30. The predicted molar refractivity (Wildman–Crippen MR) is 95.9 cm³/mol. The van der Waals surface area contributed by atoms with E-state index in [1.165, 1.54) is 18.2 Å². The second-order valence-corrected chi connectivity index (χ2v) is 6.49. The molecule has 8 heteroatoms. The van der Waals surface area contributed by atoms with Gasteiger partial charge in [-0.15, -0.1) is 0 Å². The normalized spacial score (nSPS) is 19.5. The van der Waals surface area contributed by atoms with Crippen LogP contribution in [0.3, 0.4) is 0 Å². The topological polar surface area (TPSA) is 119 Å². The van der Waals surface area contributed by atoms with E-state index in [4.69, 9.17) is 4.74 Å². The molecule has 0 saturated carbocycles. The molecule has 1 aliphatic heterocycles. The molecule has 0 spiro atoms. The van der Waals surface area contributed by atoms with Crippen LogP contribution in [-0.4, -0.2) is 28.4 Å². The Morgan fingerprint density at radius 1 is 1.41 bits per heavy atom. The molecule has 2 N–H and O–H groups in total. The fourth-order valence-electron chi connectivity index (χ4n) is 3.66. The molecule has 1 aromatic carbocycles. The molecule has 1 aromatic rings. The number of esters is 1. The van der Waals surface area contributed by atoms with E-state index in [0.29, 0.717) is 36.1 Å². The first kappa shape index (κ1) is 18.6. The lowest BCUT2D eigenvalue weighted by Gasteiger charge is -2.34. The van der Waals surface area contributed by atoms with Crippen molar-refractivity contribution in [3.05, 3.63) is 56.4 Å². The summed E-state index contributed by atoms with van der Waals surface area (Å²) in [4.78, 5) is 35.8. The molecule has 0 unspecified atom stereocenters. The van der Waals surface area contributed by atoms with Gasteiger partial charge in [0.2, 0.25) is 0 Å². The molecule has 0 amide bonds. The van der Waals surface area contributed by atoms with Gasteiger partial charge in [0.1, 0.15) is 0 Å². The lowest BCUT2D eigenvalue weighted by Crippen LogP contribution is -2.34. The third-order valence-electron chi connectivity index (χ3n) is 4.80. The number of nitro groups is 1. The fraction of sp³-hybridized carbons (Fsp3) is 0.368. The highest BCUT2D eigenvalue weighted by Crippen LogP contribution is 2.44. The average Bonchev–Trinajstić information content (AvgIpc) is 2.61. The van der Waals surface area contributed by atoms with Gasteiger partial charge >= 0.3 is 11.7 Å². The van der Waals surface area contributed by atoms with Gasteiger partial charge in [0.05, 0.1) is 17.1 Å². The zero-order chi connectivity index (χ0) is 19.7. The lowest BCUT2D eigenvalue weighted by molar-refractivity contribution is -0.385. The molecule has 27 heavy (non-hydrogen) atoms. The second kappa shape index (κ2) is 7.22. The zero-order valence-corrected chi connectivity index (χ0v) is 15.1. The SMILES string of the molecule is CCOC(=O)C1=C(C)NC2=C(C(=O)CCC2)[C@H]1c1ccc(O)c([N+](=O)[O-])c1. The number of nitrogens with zero attached hydrogens (tertiary/aromatic N) is 1. The highest BCUT2D eigenvalue weighted by Gasteiger charge is 2.39. The number of carbonyl (C=O) groups excluding carboxylic acids is 2. The van der Waals surface area contributed by atoms with Crippen molar-refractivity contribution in [2.24, 2.45) is 0 Å². The Kier molecular flexibility index (Phi) is 4.98. The summed E-state index contributed by atoms with van der Waals surface area (Å²) in [6, 6.07) is 3.92. The van der Waals surface area contributed by atoms with Gasteiger partial charge in [-0.05, 0) is 38.3 Å². The smallest absolute Gasteiger partial charge is 0.336 e. The van der Waals surface area contributed by atoms with Gasteiger partial charge in [0.15, 0.2) is 11.5 Å². The molecule has 1 aliphatic carbocycles. The zero-order valence-electron chi connectivity index (χ0n) is 15.1. The highest BCUT2D eigenvalue weighted by molar-refractivity contribution is 6.03. The monoisotopic (exact) mass is 372 g/mol. The first-order valence-electron chi connectivity index (χ1n) is 8.73. The average molecular weight is 372 g/mol. The van der Waals surface area contributed by atoms with Gasteiger partial charge in [-0.2, -0.15) is 0 Å². The van der Waals surface area contributed by atoms with Crippen LogP contribution in [0.2, 0.25) is 0 Å². The number of carbonyl (C=O) groups is 2. The van der Waals surface area contributed by atoms with Crippen LogP contribution in [-0.2, 0) is 14.3 Å². The van der Waals surface area contributed by atoms with Crippen molar-refractivity contribution in [2.75, 3.05) is 6.61 Å². The maximum absolute atomic E-state index is 12.7. The molecular formula is C19H20N2O6. The van der Waals surface area contributed by atoms with E-state index in [1.807, 2.05) is 0 Å². The van der Waals surface area contributed by atoms with Gasteiger partial charge in [-0.3, -0.25) is 14.9 Å². The van der Waals surface area contributed by atoms with Crippen molar-refractivity contribution in [1.29, 1.82) is 0 Å². The summed E-state index contributed by atoms with van der Waals surface area (Å²) in [5.74, 6) is -1.92. The van der Waals surface area contributed by atoms with Gasteiger partial charge < -0.3 is 15.2 Å². The van der Waals surface area contributed by atoms with E-state index < -0.39 is 28.2 Å². The largest absolute Gasteiger partial charge is 0.502 e. The number of ether oxygens (including phenoxy) is 1. The highest BCUT2D eigenvalue weighted by atomic mass is 16.6. The van der Waals surface area contributed by atoms with Crippen molar-refractivity contribution < 1.29 is 24.4 Å². The number of phenols is 1. The van der Waals surface area contributed by atoms with Crippen LogP contribution in [0.1, 0.15) is 44.6 Å². The minimum atomic E-state index is -0.771. The number of phenolic OH excluding ortho intramolecular Hbond substituents is 1. The fourth-order valence-corrected chi connectivity index (χ4v) is 3.66. The standard InChI is InChI=1S/C19H20N2O6/c1-3-27-19(24)16-10(2)20-12-5-4-6-15(23)18(12)17(16)11-7-8-14(22)13(9-11)21(25)26/h7-9,17,20,22H,3-6H2,1-2H3/t17-/m0/s1. The number of rotatable bonds is 4. The molecular weight excluding hydrogens is 352 g/mol. The maximum Gasteiger partial charge on any atom is 0.336 e. The first-order valence-corrected chi connectivity index (χ1v) is 8.73. The number of ketones is 1. The van der Waals surface area contributed by atoms with Gasteiger partial charge in [-0.1, -0.05) is 6.07 Å². The number of Topliss-reactive ketones (excluding diaryl/α,β-unsaturated/α-hetero) is 1. The summed E-state index contributed by atoms with van der Waals surface area (Å²) in [6.07, 6.45) is 1.71. The Morgan fingerprint density at radius 2 is 2.15 bits per heavy atom. The van der Waals surface area contributed by atoms with E-state index >= 15 is 0 Å². The van der Waals surface area contributed by atoms with E-state index in [9.17, 15) is 24.8 Å². The molecule has 1 atom stereocenters. The minimum Gasteiger partial charge on any atom is -0.502 e. The van der Waals surface area contributed by atoms with Gasteiger partial charge in [0, 0.05) is 35.4 Å². The van der Waals surface area contributed by atoms with Crippen LogP contribution >= 0.6 is 0 Å². The molecule has 0 saturated heterocycles. The van der Waals surface area contributed by atoms with Gasteiger partial charge in [-0.25, -0.2) is 4.79 Å². The van der Waals surface area contributed by atoms with Crippen molar-refractivity contribution in [3.8, 4) is 5.75 Å². The second-order valence-electron chi connectivity index (χ2n) is 6.49. The number of dihydropyridines is 1. The summed E-state index contributed by atoms with van der Waals surface area (Å²) >= 11 is 0. The molecule has 8 nitrogen and oxygen atoms in total. The number of nitro benzene ring substituents is 1. The molecule has 142 valence electrons. The minimum absolute atomic E-state index is 0.0984. The van der Waals surface area contributed by atoms with Crippen LogP contribution in [0.4, 0.5) is 5.69 Å². The Balaban J connectivity index is 2.21. The summed E-state index contributed by atoms with van der Waals surface area (Å²) < 4.78 is 5.17. The van der Waals surface area contributed by atoms with Crippen LogP contribution < -0.4 is 5.32 Å². The molecule has 1 heterocycles. The van der Waals surface area contributed by atoms with Crippen LogP contribution in [0.5, 0.6) is 5.75 Å². The molecule has 3 rings (SSSR count). The molecule has 2 aliphatic rings. The Bertz CT molecular complexity index is 899. The Hall–Kier alpha value is -3.16. The van der Waals surface area contributed by atoms with Crippen LogP contribution in [0.25, 0.3) is 0 Å². The van der Waals surface area contributed by atoms with Crippen molar-refractivity contribution in [3.63, 3.8) is 0 Å². The molecule has 0 aromatic heterocycles. The molecule has 0 radical (unpaired) electrons. The lowest BCUT2D eigenvalue weighted by atomic mass is 9.75. The number of hydrogen-bond donors (Lipinski definition) is 2.